The number of aliphatic hydroxyl groups is 2. The van der Waals surface area contributed by atoms with E-state index in [1.807, 2.05) is 0 Å². The number of halogens is 1. The van der Waals surface area contributed by atoms with Crippen LogP contribution < -0.4 is 10.9 Å². The van der Waals surface area contributed by atoms with Gasteiger partial charge in [0.1, 0.15) is 12.4 Å². The third kappa shape index (κ3) is 3.36. The lowest BCUT2D eigenvalue weighted by atomic mass is 9.81. The Balaban J connectivity index is 1.60. The average molecular weight is 522 g/mol. The number of pyridine rings is 2. The average Bonchev–Trinajstić information content (AvgIpc) is 3.27. The van der Waals surface area contributed by atoms with Gasteiger partial charge in [-0.3, -0.25) is 9.59 Å². The highest BCUT2D eigenvalue weighted by Gasteiger charge is 2.46. The molecule has 1 aliphatic carbocycles. The molecule has 3 aliphatic rings. The van der Waals surface area contributed by atoms with Gasteiger partial charge in [-0.25, -0.2) is 14.2 Å². The van der Waals surface area contributed by atoms with E-state index >= 15 is 0 Å². The normalized spacial score (nSPS) is 21.1. The number of carbonyl (C=O) groups is 2. The number of esters is 1. The van der Waals surface area contributed by atoms with Crippen LogP contribution in [0.25, 0.3) is 22.3 Å². The van der Waals surface area contributed by atoms with Crippen LogP contribution in [0.3, 0.4) is 0 Å². The molecule has 0 fully saturated rings. The van der Waals surface area contributed by atoms with Gasteiger partial charge < -0.3 is 24.8 Å². The molecular formula is C28H28FN3O6. The summed E-state index contributed by atoms with van der Waals surface area (Å²) in [6.45, 7) is 3.24. The van der Waals surface area contributed by atoms with Gasteiger partial charge in [-0.15, -0.1) is 0 Å². The smallest absolute Gasteiger partial charge is 0.343 e. The van der Waals surface area contributed by atoms with Crippen LogP contribution in [0.15, 0.2) is 16.9 Å². The van der Waals surface area contributed by atoms with Crippen LogP contribution >= 0.6 is 0 Å². The van der Waals surface area contributed by atoms with Gasteiger partial charge in [-0.1, -0.05) is 6.92 Å². The van der Waals surface area contributed by atoms with Crippen molar-refractivity contribution in [2.24, 2.45) is 0 Å². The summed E-state index contributed by atoms with van der Waals surface area (Å²) in [6.07, 6.45) is 1.66. The number of benzene rings is 1. The third-order valence-electron chi connectivity index (χ3n) is 8.28. The van der Waals surface area contributed by atoms with E-state index in [-0.39, 0.29) is 67.1 Å². The van der Waals surface area contributed by atoms with Crippen molar-refractivity contribution in [2.45, 2.75) is 70.7 Å². The first-order valence-corrected chi connectivity index (χ1v) is 12.9. The van der Waals surface area contributed by atoms with Gasteiger partial charge in [-0.2, -0.15) is 0 Å². The fourth-order valence-electron chi connectivity index (χ4n) is 6.21. The lowest BCUT2D eigenvalue weighted by Crippen LogP contribution is -2.44. The van der Waals surface area contributed by atoms with Gasteiger partial charge in [0.25, 0.3) is 5.56 Å². The van der Waals surface area contributed by atoms with Gasteiger partial charge in [0.05, 0.1) is 35.1 Å². The van der Waals surface area contributed by atoms with Crippen LogP contribution in [-0.2, 0) is 39.5 Å². The Bertz CT molecular complexity index is 1610. The molecule has 0 saturated heterocycles. The molecule has 38 heavy (non-hydrogen) atoms. The highest BCUT2D eigenvalue weighted by molar-refractivity contribution is 5.94. The lowest BCUT2D eigenvalue weighted by molar-refractivity contribution is -0.172. The molecule has 3 aromatic rings. The molecule has 2 atom stereocenters. The molecule has 0 spiro atoms. The molecule has 4 heterocycles. The number of aryl methyl sites for hydroxylation is 1. The van der Waals surface area contributed by atoms with Crippen LogP contribution in [0.1, 0.15) is 72.0 Å². The first-order valence-electron chi connectivity index (χ1n) is 12.9. The predicted octanol–water partition coefficient (Wildman–Crippen LogP) is 2.40. The molecule has 198 valence electrons. The molecule has 0 radical (unpaired) electrons. The van der Waals surface area contributed by atoms with Gasteiger partial charge in [0.2, 0.25) is 5.91 Å². The van der Waals surface area contributed by atoms with Crippen molar-refractivity contribution in [1.82, 2.24) is 14.9 Å². The van der Waals surface area contributed by atoms with E-state index in [1.165, 1.54) is 6.07 Å². The second-order valence-corrected chi connectivity index (χ2v) is 10.3. The van der Waals surface area contributed by atoms with Crippen molar-refractivity contribution in [3.63, 3.8) is 0 Å². The predicted molar refractivity (Wildman–Crippen MR) is 135 cm³/mol. The maximum atomic E-state index is 15.0. The molecule has 6 rings (SSSR count). The summed E-state index contributed by atoms with van der Waals surface area (Å²) in [5, 5.41) is 24.2. The first-order chi connectivity index (χ1) is 18.2. The molecule has 3 N–H and O–H groups in total. The number of aromatic nitrogens is 2. The third-order valence-corrected chi connectivity index (χ3v) is 8.28. The highest BCUT2D eigenvalue weighted by Crippen LogP contribution is 2.45. The van der Waals surface area contributed by atoms with E-state index in [4.69, 9.17) is 14.8 Å². The fourth-order valence-corrected chi connectivity index (χ4v) is 6.21. The van der Waals surface area contributed by atoms with E-state index in [2.05, 4.69) is 5.32 Å². The monoisotopic (exact) mass is 521 g/mol. The summed E-state index contributed by atoms with van der Waals surface area (Å²) in [7, 11) is 0. The summed E-state index contributed by atoms with van der Waals surface area (Å²) in [4.78, 5) is 43.6. The number of fused-ring (bicyclic) bond motifs is 5. The lowest BCUT2D eigenvalue weighted by Gasteiger charge is -2.31. The maximum Gasteiger partial charge on any atom is 0.343 e. The molecule has 9 nitrogen and oxygen atoms in total. The Morgan fingerprint density at radius 3 is 2.82 bits per heavy atom. The summed E-state index contributed by atoms with van der Waals surface area (Å²) in [5.74, 6) is -1.37. The Hall–Kier alpha value is -3.63. The number of carbonyl (C=O) groups excluding carboxylic acids is 2. The number of nitrogens with zero attached hydrogens (tertiary/aromatic N) is 2. The van der Waals surface area contributed by atoms with Crippen molar-refractivity contribution < 1.29 is 28.9 Å². The molecule has 10 heteroatoms. The van der Waals surface area contributed by atoms with Crippen LogP contribution in [0.2, 0.25) is 0 Å². The van der Waals surface area contributed by atoms with Crippen LogP contribution in [0.4, 0.5) is 4.39 Å². The summed E-state index contributed by atoms with van der Waals surface area (Å²) >= 11 is 0. The van der Waals surface area contributed by atoms with E-state index in [0.717, 1.165) is 22.1 Å². The number of nitrogens with one attached hydrogen (secondary N) is 1. The molecular weight excluding hydrogens is 493 g/mol. The number of cyclic esters (lactones) is 1. The van der Waals surface area contributed by atoms with E-state index in [1.54, 1.807) is 24.5 Å². The minimum atomic E-state index is -1.95. The van der Waals surface area contributed by atoms with Crippen molar-refractivity contribution in [1.29, 1.82) is 0 Å². The molecule has 0 saturated carbocycles. The van der Waals surface area contributed by atoms with Crippen molar-refractivity contribution in [3.05, 3.63) is 61.7 Å². The van der Waals surface area contributed by atoms with Gasteiger partial charge in [0, 0.05) is 35.6 Å². The first kappa shape index (κ1) is 24.7. The zero-order chi connectivity index (χ0) is 26.9. The Labute approximate surface area is 217 Å². The number of amides is 1. The second kappa shape index (κ2) is 8.71. The van der Waals surface area contributed by atoms with E-state index < -0.39 is 11.6 Å². The maximum absolute atomic E-state index is 15.0. The minimum absolute atomic E-state index is 0.0285. The SMILES string of the molecule is CC[C@@]1(O)C(=O)OCc2c1cc1n(c2=O)Cc2c-1nc1cc(F)c(C)c3c1c2[C@@H](NC(=O)CCCO)CC3. The summed E-state index contributed by atoms with van der Waals surface area (Å²) < 4.78 is 21.7. The summed E-state index contributed by atoms with van der Waals surface area (Å²) in [5.41, 5.74) is 2.37. The fraction of sp³-hybridized carbons (Fsp3) is 0.429. The van der Waals surface area contributed by atoms with Crippen LogP contribution in [0, 0.1) is 12.7 Å². The highest BCUT2D eigenvalue weighted by atomic mass is 19.1. The zero-order valence-corrected chi connectivity index (χ0v) is 21.2. The molecule has 2 aromatic heterocycles. The molecule has 2 aliphatic heterocycles. The van der Waals surface area contributed by atoms with Crippen molar-refractivity contribution in [3.8, 4) is 11.4 Å². The zero-order valence-electron chi connectivity index (χ0n) is 21.2. The number of ether oxygens (including phenoxy) is 1. The summed E-state index contributed by atoms with van der Waals surface area (Å²) in [6, 6.07) is 2.63. The Kier molecular flexibility index (Phi) is 5.66. The van der Waals surface area contributed by atoms with Crippen molar-refractivity contribution >= 4 is 22.8 Å². The van der Waals surface area contributed by atoms with Gasteiger partial charge >= 0.3 is 5.97 Å². The molecule has 1 aromatic carbocycles. The van der Waals surface area contributed by atoms with Crippen molar-refractivity contribution in [2.75, 3.05) is 6.61 Å². The van der Waals surface area contributed by atoms with Gasteiger partial charge in [0.15, 0.2) is 5.60 Å². The number of hydrogen-bond acceptors (Lipinski definition) is 7. The van der Waals surface area contributed by atoms with E-state index in [9.17, 15) is 23.9 Å². The Morgan fingerprint density at radius 1 is 1.29 bits per heavy atom. The van der Waals surface area contributed by atoms with E-state index in [0.29, 0.717) is 41.7 Å². The number of aliphatic hydroxyl groups excluding tert-OH is 1. The molecule has 0 bridgehead atoms. The largest absolute Gasteiger partial charge is 0.458 e. The second-order valence-electron chi connectivity index (χ2n) is 10.3. The van der Waals surface area contributed by atoms with Crippen LogP contribution in [0.5, 0.6) is 0 Å². The minimum Gasteiger partial charge on any atom is -0.458 e. The number of hydrogen-bond donors (Lipinski definition) is 3. The van der Waals surface area contributed by atoms with Gasteiger partial charge in [-0.05, 0) is 55.4 Å². The Morgan fingerprint density at radius 2 is 2.08 bits per heavy atom. The molecule has 1 amide bonds. The van der Waals surface area contributed by atoms with Crippen LogP contribution in [-0.4, -0.2) is 38.2 Å². The number of rotatable bonds is 5. The quantitative estimate of drug-likeness (QED) is 0.344. The molecule has 0 unspecified atom stereocenters. The topological polar surface area (TPSA) is 131 Å². The standard InChI is InChI=1S/C28H28FN3O6/c1-3-28(37)17-9-21-25-15(11-32(21)26(35)16(17)12-38-27(28)36)24-19(30-22(34)5-4-8-33)7-6-14-13(2)18(29)10-20(31-25)23(14)24/h9-10,19,33,37H,3-8,11-12H2,1-2H3,(H,30,34)/t19-,28-/m0/s1.